The van der Waals surface area contributed by atoms with Crippen molar-refractivity contribution in [1.29, 1.82) is 0 Å². The first-order valence-electron chi connectivity index (χ1n) is 8.14. The van der Waals surface area contributed by atoms with Gasteiger partial charge in [0.15, 0.2) is 0 Å². The van der Waals surface area contributed by atoms with Gasteiger partial charge in [-0.1, -0.05) is 51.5 Å². The number of phenolic OH excluding ortho intramolecular Hbond substituents is 1. The quantitative estimate of drug-likeness (QED) is 0.803. The van der Waals surface area contributed by atoms with Crippen LogP contribution in [0, 0.1) is 0 Å². The van der Waals surface area contributed by atoms with Crippen LogP contribution in [0.1, 0.15) is 44.7 Å². The van der Waals surface area contributed by atoms with Gasteiger partial charge >= 0.3 is 0 Å². The number of aliphatic hydroxyl groups is 1. The molecule has 0 heterocycles. The Kier molecular flexibility index (Phi) is 5.67. The van der Waals surface area contributed by atoms with E-state index in [0.717, 1.165) is 24.2 Å². The van der Waals surface area contributed by atoms with E-state index >= 15 is 0 Å². The van der Waals surface area contributed by atoms with Crippen molar-refractivity contribution in [3.63, 3.8) is 0 Å². The molecule has 2 aromatic carbocycles. The third-order valence-electron chi connectivity index (χ3n) is 4.23. The Morgan fingerprint density at radius 2 is 1.48 bits per heavy atom. The Hall–Kier alpha value is -2.00. The van der Waals surface area contributed by atoms with Crippen molar-refractivity contribution in [3.8, 4) is 11.5 Å². The average molecular weight is 314 g/mol. The van der Waals surface area contributed by atoms with Gasteiger partial charge in [0.2, 0.25) is 0 Å². The number of hydrogen-bond acceptors (Lipinski definition) is 3. The largest absolute Gasteiger partial charge is 0.508 e. The van der Waals surface area contributed by atoms with Crippen LogP contribution in [0.5, 0.6) is 11.5 Å². The van der Waals surface area contributed by atoms with Crippen LogP contribution >= 0.6 is 0 Å². The molecule has 23 heavy (non-hydrogen) atoms. The SMILES string of the molecule is CCCC(O)COc1ccc(C(C)(C)c2ccc(O)cc2)cc1. The first-order chi connectivity index (χ1) is 10.9. The van der Waals surface area contributed by atoms with Crippen molar-refractivity contribution in [2.75, 3.05) is 6.61 Å². The Balaban J connectivity index is 2.07. The van der Waals surface area contributed by atoms with Gasteiger partial charge in [-0.25, -0.2) is 0 Å². The Bertz CT molecular complexity index is 600. The van der Waals surface area contributed by atoms with E-state index in [2.05, 4.69) is 13.8 Å². The van der Waals surface area contributed by atoms with Gasteiger partial charge in [0.05, 0.1) is 6.10 Å². The van der Waals surface area contributed by atoms with Crippen LogP contribution in [0.15, 0.2) is 48.5 Å². The van der Waals surface area contributed by atoms with Gasteiger partial charge in [0, 0.05) is 5.41 Å². The molecule has 124 valence electrons. The molecular weight excluding hydrogens is 288 g/mol. The Morgan fingerprint density at radius 3 is 2.00 bits per heavy atom. The molecule has 3 nitrogen and oxygen atoms in total. The summed E-state index contributed by atoms with van der Waals surface area (Å²) in [4.78, 5) is 0. The van der Waals surface area contributed by atoms with E-state index in [1.165, 1.54) is 5.56 Å². The minimum atomic E-state index is -0.409. The zero-order valence-electron chi connectivity index (χ0n) is 14.1. The molecular formula is C20H26O3. The van der Waals surface area contributed by atoms with Gasteiger partial charge in [-0.05, 0) is 41.8 Å². The standard InChI is InChI=1S/C20H26O3/c1-4-5-18(22)14-23-19-12-8-16(9-13-19)20(2,3)15-6-10-17(21)11-7-15/h6-13,18,21-22H,4-5,14H2,1-3H3. The maximum atomic E-state index is 9.72. The van der Waals surface area contributed by atoms with E-state index in [1.54, 1.807) is 12.1 Å². The minimum absolute atomic E-state index is 0.159. The third kappa shape index (κ3) is 4.49. The zero-order valence-corrected chi connectivity index (χ0v) is 14.1. The second-order valence-corrected chi connectivity index (χ2v) is 6.45. The van der Waals surface area contributed by atoms with Crippen LogP contribution in [0.25, 0.3) is 0 Å². The third-order valence-corrected chi connectivity index (χ3v) is 4.23. The van der Waals surface area contributed by atoms with Crippen LogP contribution < -0.4 is 4.74 Å². The highest BCUT2D eigenvalue weighted by molar-refractivity contribution is 5.41. The van der Waals surface area contributed by atoms with Crippen molar-refractivity contribution < 1.29 is 14.9 Å². The van der Waals surface area contributed by atoms with Gasteiger partial charge in [0.25, 0.3) is 0 Å². The molecule has 0 saturated heterocycles. The number of aliphatic hydroxyl groups excluding tert-OH is 1. The van der Waals surface area contributed by atoms with Crippen LogP contribution in [0.4, 0.5) is 0 Å². The molecule has 0 amide bonds. The van der Waals surface area contributed by atoms with Crippen molar-refractivity contribution in [1.82, 2.24) is 0 Å². The molecule has 3 heteroatoms. The lowest BCUT2D eigenvalue weighted by molar-refractivity contribution is 0.0993. The fourth-order valence-electron chi connectivity index (χ4n) is 2.62. The number of phenols is 1. The molecule has 0 spiro atoms. The summed E-state index contributed by atoms with van der Waals surface area (Å²) in [6, 6.07) is 15.3. The van der Waals surface area contributed by atoms with Crippen LogP contribution in [0.3, 0.4) is 0 Å². The lowest BCUT2D eigenvalue weighted by Gasteiger charge is -2.26. The van der Waals surface area contributed by atoms with Crippen LogP contribution in [-0.2, 0) is 5.41 Å². The average Bonchev–Trinajstić information content (AvgIpc) is 2.54. The maximum absolute atomic E-state index is 9.72. The van der Waals surface area contributed by atoms with Crippen LogP contribution in [-0.4, -0.2) is 22.9 Å². The summed E-state index contributed by atoms with van der Waals surface area (Å²) in [6.07, 6.45) is 1.30. The van der Waals surface area contributed by atoms with E-state index in [0.29, 0.717) is 6.61 Å². The summed E-state index contributed by atoms with van der Waals surface area (Å²) >= 11 is 0. The summed E-state index contributed by atoms with van der Waals surface area (Å²) in [5, 5.41) is 19.2. The van der Waals surface area contributed by atoms with Gasteiger partial charge < -0.3 is 14.9 Å². The molecule has 1 unspecified atom stereocenters. The molecule has 0 fully saturated rings. The summed E-state index contributed by atoms with van der Waals surface area (Å²) < 4.78 is 5.63. The van der Waals surface area contributed by atoms with Crippen LogP contribution in [0.2, 0.25) is 0 Å². The van der Waals surface area contributed by atoms with Gasteiger partial charge in [0.1, 0.15) is 18.1 Å². The summed E-state index contributed by atoms with van der Waals surface area (Å²) in [5.41, 5.74) is 2.15. The lowest BCUT2D eigenvalue weighted by Crippen LogP contribution is -2.19. The van der Waals surface area contributed by atoms with E-state index in [4.69, 9.17) is 4.74 Å². The lowest BCUT2D eigenvalue weighted by atomic mass is 9.78. The highest BCUT2D eigenvalue weighted by Crippen LogP contribution is 2.33. The van der Waals surface area contributed by atoms with Gasteiger partial charge in [-0.3, -0.25) is 0 Å². The van der Waals surface area contributed by atoms with E-state index in [1.807, 2.05) is 43.3 Å². The number of aromatic hydroxyl groups is 1. The summed E-state index contributed by atoms with van der Waals surface area (Å²) in [6.45, 7) is 6.68. The second-order valence-electron chi connectivity index (χ2n) is 6.45. The normalized spacial score (nSPS) is 12.9. The predicted molar refractivity (Wildman–Crippen MR) is 93.1 cm³/mol. The number of benzene rings is 2. The molecule has 0 bridgehead atoms. The first kappa shape index (κ1) is 17.4. The number of ether oxygens (including phenoxy) is 1. The Morgan fingerprint density at radius 1 is 0.957 bits per heavy atom. The van der Waals surface area contributed by atoms with Crippen molar-refractivity contribution >= 4 is 0 Å². The maximum Gasteiger partial charge on any atom is 0.119 e. The second kappa shape index (κ2) is 7.51. The predicted octanol–water partition coefficient (Wildman–Crippen LogP) is 4.26. The van der Waals surface area contributed by atoms with Crippen molar-refractivity contribution in [3.05, 3.63) is 59.7 Å². The molecule has 2 N–H and O–H groups in total. The minimum Gasteiger partial charge on any atom is -0.508 e. The topological polar surface area (TPSA) is 49.7 Å². The van der Waals surface area contributed by atoms with Gasteiger partial charge in [-0.15, -0.1) is 0 Å². The highest BCUT2D eigenvalue weighted by atomic mass is 16.5. The molecule has 0 radical (unpaired) electrons. The molecule has 0 aliphatic heterocycles. The molecule has 0 aromatic heterocycles. The molecule has 0 aliphatic carbocycles. The molecule has 0 saturated carbocycles. The molecule has 1 atom stereocenters. The smallest absolute Gasteiger partial charge is 0.119 e. The van der Waals surface area contributed by atoms with E-state index in [9.17, 15) is 10.2 Å². The molecule has 2 rings (SSSR count). The summed E-state index contributed by atoms with van der Waals surface area (Å²) in [5.74, 6) is 1.05. The van der Waals surface area contributed by atoms with Crippen molar-refractivity contribution in [2.45, 2.75) is 45.1 Å². The fourth-order valence-corrected chi connectivity index (χ4v) is 2.62. The molecule has 2 aromatic rings. The zero-order chi connectivity index (χ0) is 16.9. The number of hydrogen-bond donors (Lipinski definition) is 2. The highest BCUT2D eigenvalue weighted by Gasteiger charge is 2.23. The fraction of sp³-hybridized carbons (Fsp3) is 0.400. The summed E-state index contributed by atoms with van der Waals surface area (Å²) in [7, 11) is 0. The molecule has 0 aliphatic rings. The number of rotatable bonds is 7. The first-order valence-corrected chi connectivity index (χ1v) is 8.14. The van der Waals surface area contributed by atoms with Crippen molar-refractivity contribution in [2.24, 2.45) is 0 Å². The van der Waals surface area contributed by atoms with E-state index in [-0.39, 0.29) is 11.2 Å². The van der Waals surface area contributed by atoms with Gasteiger partial charge in [-0.2, -0.15) is 0 Å². The monoisotopic (exact) mass is 314 g/mol. The Labute approximate surface area is 138 Å². The van der Waals surface area contributed by atoms with E-state index < -0.39 is 6.10 Å².